The fourth-order valence-corrected chi connectivity index (χ4v) is 3.59. The van der Waals surface area contributed by atoms with E-state index >= 15 is 0 Å². The van der Waals surface area contributed by atoms with Gasteiger partial charge < -0.3 is 4.74 Å². The highest BCUT2D eigenvalue weighted by molar-refractivity contribution is 7.17. The number of nitrogens with one attached hydrogen (secondary N) is 1. The molecule has 0 bridgehead atoms. The molecular weight excluding hydrogens is 349 g/mol. The van der Waals surface area contributed by atoms with Crippen molar-refractivity contribution in [1.82, 2.24) is 4.98 Å². The summed E-state index contributed by atoms with van der Waals surface area (Å²) >= 11 is 2.82. The number of thiazole rings is 1. The highest BCUT2D eigenvalue weighted by Crippen LogP contribution is 2.24. The number of halogens is 1. The summed E-state index contributed by atoms with van der Waals surface area (Å²) in [5.74, 6) is -0.571. The largest absolute Gasteiger partial charge is 0.466 e. The van der Waals surface area contributed by atoms with E-state index in [2.05, 4.69) is 15.5 Å². The van der Waals surface area contributed by atoms with Crippen LogP contribution in [0, 0.1) is 5.82 Å². The van der Waals surface area contributed by atoms with Crippen molar-refractivity contribution in [2.24, 2.45) is 5.10 Å². The molecule has 0 atom stereocenters. The average Bonchev–Trinajstić information content (AvgIpc) is 3.17. The second-order valence-electron chi connectivity index (χ2n) is 4.83. The smallest absolute Gasteiger partial charge is 0.311 e. The SMILES string of the molecule is CCOC(=O)Cc1csc(NN=Cc2cc(F)c3ccsc3c2)n1. The van der Waals surface area contributed by atoms with E-state index in [1.807, 2.05) is 11.4 Å². The van der Waals surface area contributed by atoms with Crippen LogP contribution in [0.3, 0.4) is 0 Å². The topological polar surface area (TPSA) is 63.6 Å². The number of esters is 1. The van der Waals surface area contributed by atoms with Crippen LogP contribution in [0.4, 0.5) is 9.52 Å². The predicted molar refractivity (Wildman–Crippen MR) is 95.5 cm³/mol. The van der Waals surface area contributed by atoms with Gasteiger partial charge in [0.15, 0.2) is 0 Å². The summed E-state index contributed by atoms with van der Waals surface area (Å²) < 4.78 is 19.6. The quantitative estimate of drug-likeness (QED) is 0.408. The maximum absolute atomic E-state index is 13.9. The normalized spacial score (nSPS) is 11.2. The average molecular weight is 363 g/mol. The van der Waals surface area contributed by atoms with E-state index in [9.17, 15) is 9.18 Å². The molecule has 0 saturated heterocycles. The molecule has 3 rings (SSSR count). The summed E-state index contributed by atoms with van der Waals surface area (Å²) in [7, 11) is 0. The Labute approximate surface area is 145 Å². The van der Waals surface area contributed by atoms with Crippen LogP contribution >= 0.6 is 22.7 Å². The predicted octanol–water partition coefficient (Wildman–Crippen LogP) is 4.05. The molecular formula is C16H14FN3O2S2. The highest BCUT2D eigenvalue weighted by atomic mass is 32.1. The van der Waals surface area contributed by atoms with Crippen LogP contribution in [-0.2, 0) is 16.0 Å². The maximum atomic E-state index is 13.9. The number of aromatic nitrogens is 1. The fraction of sp³-hybridized carbons (Fsp3) is 0.188. The summed E-state index contributed by atoms with van der Waals surface area (Å²) in [6.45, 7) is 2.11. The Bertz CT molecular complexity index is 888. The van der Waals surface area contributed by atoms with Gasteiger partial charge in [-0.2, -0.15) is 5.10 Å². The van der Waals surface area contributed by atoms with Crippen molar-refractivity contribution in [1.29, 1.82) is 0 Å². The van der Waals surface area contributed by atoms with Crippen LogP contribution in [-0.4, -0.2) is 23.8 Å². The van der Waals surface area contributed by atoms with E-state index in [0.717, 1.165) is 4.70 Å². The molecule has 0 radical (unpaired) electrons. The number of anilines is 1. The van der Waals surface area contributed by atoms with Crippen molar-refractivity contribution >= 4 is 50.1 Å². The van der Waals surface area contributed by atoms with Crippen molar-refractivity contribution < 1.29 is 13.9 Å². The van der Waals surface area contributed by atoms with E-state index in [1.54, 1.807) is 18.4 Å². The number of carbonyl (C=O) groups excluding carboxylic acids is 1. The molecule has 0 amide bonds. The van der Waals surface area contributed by atoms with E-state index in [-0.39, 0.29) is 18.2 Å². The molecule has 3 aromatic rings. The molecule has 0 saturated carbocycles. The van der Waals surface area contributed by atoms with Gasteiger partial charge in [-0.1, -0.05) is 0 Å². The summed E-state index contributed by atoms with van der Waals surface area (Å²) in [6.07, 6.45) is 1.67. The molecule has 2 aromatic heterocycles. The lowest BCUT2D eigenvalue weighted by atomic mass is 10.2. The molecule has 2 heterocycles. The molecule has 8 heteroatoms. The Hall–Kier alpha value is -2.32. The molecule has 0 aliphatic heterocycles. The number of carbonyl (C=O) groups is 1. The lowest BCUT2D eigenvalue weighted by Crippen LogP contribution is -2.07. The first-order valence-corrected chi connectivity index (χ1v) is 8.97. The van der Waals surface area contributed by atoms with Crippen molar-refractivity contribution in [3.8, 4) is 0 Å². The standard InChI is InChI=1S/C16H14FN3O2S2/c1-2-22-15(21)7-11-9-24-16(19-11)20-18-8-10-5-13(17)12-3-4-23-14(12)6-10/h3-6,8-9H,2,7H2,1H3,(H,19,20). The zero-order chi connectivity index (χ0) is 16.9. The van der Waals surface area contributed by atoms with E-state index in [0.29, 0.717) is 28.4 Å². The third-order valence-corrected chi connectivity index (χ3v) is 4.76. The second-order valence-corrected chi connectivity index (χ2v) is 6.64. The van der Waals surface area contributed by atoms with Gasteiger partial charge in [0.05, 0.1) is 24.9 Å². The Kier molecular flexibility index (Phi) is 5.17. The number of hydrogen-bond donors (Lipinski definition) is 1. The summed E-state index contributed by atoms with van der Waals surface area (Å²) in [6, 6.07) is 5.08. The third kappa shape index (κ3) is 3.95. The first kappa shape index (κ1) is 16.5. The second kappa shape index (κ2) is 7.50. The van der Waals surface area contributed by atoms with Gasteiger partial charge in [-0.25, -0.2) is 9.37 Å². The zero-order valence-electron chi connectivity index (χ0n) is 12.8. The number of nitrogens with zero attached hydrogens (tertiary/aromatic N) is 2. The van der Waals surface area contributed by atoms with Crippen LogP contribution in [0.2, 0.25) is 0 Å². The molecule has 124 valence electrons. The van der Waals surface area contributed by atoms with Gasteiger partial charge in [-0.05, 0) is 36.1 Å². The monoisotopic (exact) mass is 363 g/mol. The number of rotatable bonds is 6. The van der Waals surface area contributed by atoms with Crippen molar-refractivity contribution in [3.63, 3.8) is 0 Å². The Balaban J connectivity index is 1.63. The van der Waals surface area contributed by atoms with Crippen LogP contribution in [0.5, 0.6) is 0 Å². The number of thiophene rings is 1. The number of hydrogen-bond acceptors (Lipinski definition) is 7. The third-order valence-electron chi connectivity index (χ3n) is 3.10. The first-order valence-electron chi connectivity index (χ1n) is 7.21. The van der Waals surface area contributed by atoms with Gasteiger partial charge >= 0.3 is 5.97 Å². The molecule has 1 aromatic carbocycles. The molecule has 5 nitrogen and oxygen atoms in total. The summed E-state index contributed by atoms with van der Waals surface area (Å²) in [5.41, 5.74) is 4.08. The fourth-order valence-electron chi connectivity index (χ4n) is 2.08. The number of ether oxygens (including phenoxy) is 1. The Morgan fingerprint density at radius 1 is 1.46 bits per heavy atom. The van der Waals surface area contributed by atoms with Crippen molar-refractivity contribution in [3.05, 3.63) is 46.0 Å². The molecule has 1 N–H and O–H groups in total. The summed E-state index contributed by atoms with van der Waals surface area (Å²) in [4.78, 5) is 15.6. The van der Waals surface area contributed by atoms with Gasteiger partial charge in [0.1, 0.15) is 5.82 Å². The number of fused-ring (bicyclic) bond motifs is 1. The van der Waals surface area contributed by atoms with E-state index < -0.39 is 0 Å². The van der Waals surface area contributed by atoms with E-state index in [4.69, 9.17) is 4.74 Å². The van der Waals surface area contributed by atoms with Gasteiger partial charge in [0.2, 0.25) is 5.13 Å². The van der Waals surface area contributed by atoms with Crippen LogP contribution in [0.25, 0.3) is 10.1 Å². The minimum atomic E-state index is -0.308. The molecule has 0 aliphatic carbocycles. The van der Waals surface area contributed by atoms with E-state index in [1.165, 1.54) is 35.0 Å². The van der Waals surface area contributed by atoms with Crippen LogP contribution < -0.4 is 5.43 Å². The zero-order valence-corrected chi connectivity index (χ0v) is 14.4. The van der Waals surface area contributed by atoms with Crippen LogP contribution in [0.15, 0.2) is 34.1 Å². The van der Waals surface area contributed by atoms with Gasteiger partial charge in [0, 0.05) is 15.5 Å². The first-order chi connectivity index (χ1) is 11.7. The molecule has 0 fully saturated rings. The van der Waals surface area contributed by atoms with Gasteiger partial charge in [-0.15, -0.1) is 22.7 Å². The minimum Gasteiger partial charge on any atom is -0.466 e. The van der Waals surface area contributed by atoms with Gasteiger partial charge in [0.25, 0.3) is 0 Å². The Morgan fingerprint density at radius 2 is 2.33 bits per heavy atom. The number of benzene rings is 1. The lowest BCUT2D eigenvalue weighted by Gasteiger charge is -1.98. The summed E-state index contributed by atoms with van der Waals surface area (Å²) in [5, 5.41) is 8.87. The van der Waals surface area contributed by atoms with Crippen LogP contribution in [0.1, 0.15) is 18.2 Å². The van der Waals surface area contributed by atoms with Crippen molar-refractivity contribution in [2.75, 3.05) is 12.0 Å². The number of hydrazone groups is 1. The molecule has 0 unspecified atom stereocenters. The highest BCUT2D eigenvalue weighted by Gasteiger charge is 2.08. The van der Waals surface area contributed by atoms with Gasteiger partial charge in [-0.3, -0.25) is 10.2 Å². The molecule has 0 aliphatic rings. The molecule has 24 heavy (non-hydrogen) atoms. The lowest BCUT2D eigenvalue weighted by molar-refractivity contribution is -0.142. The van der Waals surface area contributed by atoms with Crippen molar-refractivity contribution in [2.45, 2.75) is 13.3 Å². The maximum Gasteiger partial charge on any atom is 0.311 e. The Morgan fingerprint density at radius 3 is 3.17 bits per heavy atom. The minimum absolute atomic E-state index is 0.135. The molecule has 0 spiro atoms.